The molecule has 1 aliphatic heterocycles. The molecule has 2 nitrogen and oxygen atoms in total. The van der Waals surface area contributed by atoms with Crippen LogP contribution in [0.1, 0.15) is 33.3 Å². The van der Waals surface area contributed by atoms with Gasteiger partial charge in [0.05, 0.1) is 0 Å². The molecule has 0 radical (unpaired) electrons. The number of hydrogen-bond donors (Lipinski definition) is 1. The Labute approximate surface area is 113 Å². The molecule has 1 aliphatic rings. The molecule has 2 rings (SSSR count). The lowest BCUT2D eigenvalue weighted by atomic mass is 9.91. The first-order valence-corrected chi connectivity index (χ1v) is 6.64. The van der Waals surface area contributed by atoms with Crippen LogP contribution in [-0.4, -0.2) is 29.1 Å². The van der Waals surface area contributed by atoms with Gasteiger partial charge in [-0.2, -0.15) is 0 Å². The Hall–Kier alpha value is -1.00. The van der Waals surface area contributed by atoms with E-state index in [0.717, 1.165) is 13.1 Å². The lowest BCUT2D eigenvalue weighted by Crippen LogP contribution is -2.65. The maximum absolute atomic E-state index is 13.8. The summed E-state index contributed by atoms with van der Waals surface area (Å²) in [6.45, 7) is 10.3. The summed E-state index contributed by atoms with van der Waals surface area (Å²) in [4.78, 5) is 2.14. The zero-order valence-electron chi connectivity index (χ0n) is 12.1. The SMILES string of the molecule is CC1(C)CN(Cc2c(F)cccc2F)C(C)(C)CN1. The van der Waals surface area contributed by atoms with Crippen molar-refractivity contribution >= 4 is 0 Å². The number of nitrogens with one attached hydrogen (secondary N) is 1. The minimum absolute atomic E-state index is 0.0444. The number of piperazine rings is 1. The Balaban J connectivity index is 2.25. The quantitative estimate of drug-likeness (QED) is 0.887. The van der Waals surface area contributed by atoms with Crippen LogP contribution in [0, 0.1) is 11.6 Å². The molecule has 106 valence electrons. The van der Waals surface area contributed by atoms with Crippen LogP contribution in [0.2, 0.25) is 0 Å². The van der Waals surface area contributed by atoms with Gasteiger partial charge in [0.1, 0.15) is 11.6 Å². The number of rotatable bonds is 2. The van der Waals surface area contributed by atoms with E-state index in [1.54, 1.807) is 0 Å². The summed E-state index contributed by atoms with van der Waals surface area (Å²) in [5, 5.41) is 3.46. The highest BCUT2D eigenvalue weighted by Gasteiger charge is 2.38. The summed E-state index contributed by atoms with van der Waals surface area (Å²) >= 11 is 0. The highest BCUT2D eigenvalue weighted by molar-refractivity contribution is 5.20. The van der Waals surface area contributed by atoms with Crippen molar-refractivity contribution in [3.63, 3.8) is 0 Å². The average Bonchev–Trinajstić information content (AvgIpc) is 2.29. The van der Waals surface area contributed by atoms with Gasteiger partial charge in [-0.25, -0.2) is 8.78 Å². The maximum Gasteiger partial charge on any atom is 0.130 e. The minimum Gasteiger partial charge on any atom is -0.309 e. The lowest BCUT2D eigenvalue weighted by Gasteiger charge is -2.49. The monoisotopic (exact) mass is 268 g/mol. The Morgan fingerprint density at radius 2 is 1.74 bits per heavy atom. The summed E-state index contributed by atoms with van der Waals surface area (Å²) in [7, 11) is 0. The molecular formula is C15H22F2N2. The fraction of sp³-hybridized carbons (Fsp3) is 0.600. The van der Waals surface area contributed by atoms with E-state index >= 15 is 0 Å². The van der Waals surface area contributed by atoms with Crippen LogP contribution < -0.4 is 5.32 Å². The highest BCUT2D eigenvalue weighted by Crippen LogP contribution is 2.26. The van der Waals surface area contributed by atoms with Crippen LogP contribution in [0.4, 0.5) is 8.78 Å². The number of hydrogen-bond acceptors (Lipinski definition) is 2. The molecule has 0 aromatic heterocycles. The highest BCUT2D eigenvalue weighted by atomic mass is 19.1. The molecule has 0 atom stereocenters. The van der Waals surface area contributed by atoms with E-state index in [1.807, 2.05) is 0 Å². The molecule has 1 N–H and O–H groups in total. The Morgan fingerprint density at radius 3 is 2.32 bits per heavy atom. The van der Waals surface area contributed by atoms with E-state index in [-0.39, 0.29) is 16.6 Å². The van der Waals surface area contributed by atoms with Gasteiger partial charge >= 0.3 is 0 Å². The van der Waals surface area contributed by atoms with E-state index in [0.29, 0.717) is 6.54 Å². The minimum atomic E-state index is -0.466. The maximum atomic E-state index is 13.8. The molecule has 1 saturated heterocycles. The van der Waals surface area contributed by atoms with Gasteiger partial charge in [-0.1, -0.05) is 6.07 Å². The Morgan fingerprint density at radius 1 is 1.16 bits per heavy atom. The van der Waals surface area contributed by atoms with Crippen molar-refractivity contribution in [2.45, 2.75) is 45.3 Å². The van der Waals surface area contributed by atoms with Crippen molar-refractivity contribution in [2.24, 2.45) is 0 Å². The summed E-state index contributed by atoms with van der Waals surface area (Å²) in [6.07, 6.45) is 0. The third-order valence-electron chi connectivity index (χ3n) is 3.85. The fourth-order valence-electron chi connectivity index (χ4n) is 2.46. The van der Waals surface area contributed by atoms with Crippen LogP contribution >= 0.6 is 0 Å². The van der Waals surface area contributed by atoms with Gasteiger partial charge in [0.25, 0.3) is 0 Å². The number of halogens is 2. The third-order valence-corrected chi connectivity index (χ3v) is 3.85. The topological polar surface area (TPSA) is 15.3 Å². The predicted octanol–water partition coefficient (Wildman–Crippen LogP) is 2.93. The van der Waals surface area contributed by atoms with Gasteiger partial charge in [-0.3, -0.25) is 4.90 Å². The second kappa shape index (κ2) is 4.84. The molecule has 1 heterocycles. The molecule has 4 heteroatoms. The zero-order valence-corrected chi connectivity index (χ0v) is 12.1. The summed E-state index contributed by atoms with van der Waals surface area (Å²) in [5.41, 5.74) is -0.00474. The van der Waals surface area contributed by atoms with E-state index in [1.165, 1.54) is 18.2 Å². The molecule has 0 saturated carbocycles. The molecule has 1 aromatic carbocycles. The number of benzene rings is 1. The second-order valence-electron chi connectivity index (χ2n) is 6.61. The average molecular weight is 268 g/mol. The summed E-state index contributed by atoms with van der Waals surface area (Å²) in [6, 6.07) is 4.04. The van der Waals surface area contributed by atoms with Crippen molar-refractivity contribution < 1.29 is 8.78 Å². The van der Waals surface area contributed by atoms with Crippen LogP contribution in [-0.2, 0) is 6.54 Å². The standard InChI is InChI=1S/C15H22F2N2/c1-14(2)10-19(15(3,4)9-18-14)8-11-12(16)6-5-7-13(11)17/h5-7,18H,8-10H2,1-4H3. The van der Waals surface area contributed by atoms with Crippen molar-refractivity contribution in [2.75, 3.05) is 13.1 Å². The molecule has 1 fully saturated rings. The Kier molecular flexibility index (Phi) is 3.67. The normalized spacial score (nSPS) is 22.4. The third kappa shape index (κ3) is 3.12. The van der Waals surface area contributed by atoms with E-state index in [4.69, 9.17) is 0 Å². The molecule has 19 heavy (non-hydrogen) atoms. The molecule has 1 aromatic rings. The first-order valence-electron chi connectivity index (χ1n) is 6.64. The number of nitrogens with zero attached hydrogens (tertiary/aromatic N) is 1. The van der Waals surface area contributed by atoms with Gasteiger partial charge < -0.3 is 5.32 Å². The van der Waals surface area contributed by atoms with Gasteiger partial charge in [-0.15, -0.1) is 0 Å². The predicted molar refractivity (Wildman–Crippen MR) is 72.9 cm³/mol. The molecule has 0 bridgehead atoms. The first-order chi connectivity index (χ1) is 8.71. The van der Waals surface area contributed by atoms with E-state index in [9.17, 15) is 8.78 Å². The van der Waals surface area contributed by atoms with E-state index in [2.05, 4.69) is 37.9 Å². The molecular weight excluding hydrogens is 246 g/mol. The Bertz CT molecular complexity index is 449. The van der Waals surface area contributed by atoms with Crippen molar-refractivity contribution in [3.8, 4) is 0 Å². The molecule has 0 unspecified atom stereocenters. The van der Waals surface area contributed by atoms with Gasteiger partial charge in [0.2, 0.25) is 0 Å². The van der Waals surface area contributed by atoms with Crippen LogP contribution in [0.3, 0.4) is 0 Å². The fourth-order valence-corrected chi connectivity index (χ4v) is 2.46. The van der Waals surface area contributed by atoms with Crippen LogP contribution in [0.25, 0.3) is 0 Å². The first kappa shape index (κ1) is 14.4. The van der Waals surface area contributed by atoms with Gasteiger partial charge in [0, 0.05) is 36.3 Å². The van der Waals surface area contributed by atoms with Crippen LogP contribution in [0.5, 0.6) is 0 Å². The van der Waals surface area contributed by atoms with Crippen LogP contribution in [0.15, 0.2) is 18.2 Å². The zero-order chi connectivity index (χ0) is 14.3. The summed E-state index contributed by atoms with van der Waals surface area (Å²) in [5.74, 6) is -0.931. The molecule has 0 amide bonds. The largest absolute Gasteiger partial charge is 0.309 e. The van der Waals surface area contributed by atoms with Crippen molar-refractivity contribution in [1.29, 1.82) is 0 Å². The lowest BCUT2D eigenvalue weighted by molar-refractivity contribution is 0.0307. The van der Waals surface area contributed by atoms with Crippen molar-refractivity contribution in [1.82, 2.24) is 10.2 Å². The van der Waals surface area contributed by atoms with Gasteiger partial charge in [-0.05, 0) is 39.8 Å². The molecule has 0 spiro atoms. The molecule has 0 aliphatic carbocycles. The van der Waals surface area contributed by atoms with Gasteiger partial charge in [0.15, 0.2) is 0 Å². The smallest absolute Gasteiger partial charge is 0.130 e. The van der Waals surface area contributed by atoms with Crippen molar-refractivity contribution in [3.05, 3.63) is 35.4 Å². The second-order valence-corrected chi connectivity index (χ2v) is 6.61. The van der Waals surface area contributed by atoms with E-state index < -0.39 is 11.6 Å². The summed E-state index contributed by atoms with van der Waals surface area (Å²) < 4.78 is 27.5.